The lowest BCUT2D eigenvalue weighted by Crippen LogP contribution is -2.85. The number of nitrogens with zero attached hydrogens (tertiary/aromatic N) is 5. The van der Waals surface area contributed by atoms with Crippen LogP contribution in [0.4, 0.5) is 4.79 Å². The topological polar surface area (TPSA) is 203 Å². The first-order valence-electron chi connectivity index (χ1n) is 18.2. The molecule has 19 heteroatoms. The quantitative estimate of drug-likeness (QED) is 0.0382. The summed E-state index contributed by atoms with van der Waals surface area (Å²) in [6, 6.07) is 23.9. The number of piperazine rings is 1. The first kappa shape index (κ1) is 40.6. The third kappa shape index (κ3) is 7.95. The van der Waals surface area contributed by atoms with Crippen molar-refractivity contribution in [1.29, 1.82) is 0 Å². The minimum absolute atomic E-state index is 0.0400. The Labute approximate surface area is 345 Å². The Morgan fingerprint density at radius 3 is 2.10 bits per heavy atom. The van der Waals surface area contributed by atoms with Crippen molar-refractivity contribution >= 4 is 70.5 Å². The largest absolute Gasteiger partial charge is 0.448 e. The number of urea groups is 1. The number of nitrogens with one attached hydrogen (secondary N) is 3. The smallest absolute Gasteiger partial charge is 0.356 e. The monoisotopic (exact) mass is 842 g/mol. The molecule has 3 aliphatic heterocycles. The summed E-state index contributed by atoms with van der Waals surface area (Å²) in [6.07, 6.45) is -0.839. The minimum Gasteiger partial charge on any atom is -0.448 e. The number of likely N-dealkylation sites (N-methyl/N-ethyl adjacent to an activating group) is 1. The van der Waals surface area contributed by atoms with Crippen LogP contribution in [0, 0.1) is 6.92 Å². The van der Waals surface area contributed by atoms with Crippen molar-refractivity contribution in [3.05, 3.63) is 124 Å². The second-order valence-corrected chi connectivity index (χ2v) is 16.8. The van der Waals surface area contributed by atoms with Gasteiger partial charge in [-0.05, 0) is 36.1 Å². The highest BCUT2D eigenvalue weighted by Crippen LogP contribution is 2.47. The number of hydroxylamine groups is 1. The minimum atomic E-state index is -2.16. The zero-order chi connectivity index (χ0) is 41.0. The van der Waals surface area contributed by atoms with Gasteiger partial charge in [0.15, 0.2) is 10.4 Å². The Balaban J connectivity index is 1.18. The van der Waals surface area contributed by atoms with Crippen molar-refractivity contribution in [1.82, 2.24) is 41.0 Å². The van der Waals surface area contributed by atoms with Gasteiger partial charge in [0.25, 0.3) is 5.91 Å². The average molecular weight is 843 g/mol. The van der Waals surface area contributed by atoms with E-state index in [4.69, 9.17) is 4.74 Å². The van der Waals surface area contributed by atoms with Gasteiger partial charge in [-0.2, -0.15) is 5.48 Å². The molecule has 0 bridgehead atoms. The van der Waals surface area contributed by atoms with Crippen LogP contribution < -0.4 is 16.1 Å². The average Bonchev–Trinajstić information content (AvgIpc) is 3.68. The maximum absolute atomic E-state index is 14.5. The zero-order valence-electron chi connectivity index (χ0n) is 31.2. The summed E-state index contributed by atoms with van der Waals surface area (Å²) >= 11 is 3.93. The molecule has 6 amide bonds. The van der Waals surface area contributed by atoms with Crippen LogP contribution in [0.1, 0.15) is 40.8 Å². The highest BCUT2D eigenvalue weighted by molar-refractivity contribution is 8.01. The van der Waals surface area contributed by atoms with Gasteiger partial charge >= 0.3 is 23.8 Å². The van der Waals surface area contributed by atoms with E-state index >= 15 is 0 Å². The van der Waals surface area contributed by atoms with Crippen LogP contribution in [0.5, 0.6) is 0 Å². The molecule has 7 rings (SSSR count). The molecule has 0 saturated carbocycles. The van der Waals surface area contributed by atoms with Crippen molar-refractivity contribution in [2.45, 2.75) is 41.4 Å². The molecule has 3 aliphatic rings. The number of hydrogen-bond acceptors (Lipinski definition) is 14. The van der Waals surface area contributed by atoms with Crippen LogP contribution >= 0.6 is 34.9 Å². The predicted octanol–water partition coefficient (Wildman–Crippen LogP) is 3.37. The Bertz CT molecular complexity index is 2210. The fourth-order valence-corrected chi connectivity index (χ4v) is 10.1. The number of aromatic nitrogens is 2. The van der Waals surface area contributed by atoms with Crippen molar-refractivity contribution in [3.8, 4) is 0 Å². The van der Waals surface area contributed by atoms with E-state index in [2.05, 4.69) is 20.8 Å². The molecular weight excluding hydrogens is 805 g/mol. The lowest BCUT2D eigenvalue weighted by Gasteiger charge is -2.56. The Morgan fingerprint density at radius 2 is 1.53 bits per heavy atom. The molecule has 16 nitrogen and oxygen atoms in total. The third-order valence-corrected chi connectivity index (χ3v) is 13.2. The van der Waals surface area contributed by atoms with E-state index in [1.54, 1.807) is 37.3 Å². The van der Waals surface area contributed by atoms with Gasteiger partial charge in [0, 0.05) is 31.1 Å². The summed E-state index contributed by atoms with van der Waals surface area (Å²) < 4.78 is 6.91. The Morgan fingerprint density at radius 1 is 0.914 bits per heavy atom. The third-order valence-electron chi connectivity index (χ3n) is 9.75. The summed E-state index contributed by atoms with van der Waals surface area (Å²) in [5, 5.41) is 23.8. The fourth-order valence-electron chi connectivity index (χ4n) is 6.78. The molecule has 3 aromatic carbocycles. The SMILES string of the molecule is CCN1CCN(C(=O)NC(C(=O)N[C@]2(NO)C(=O)N3C(C(=O)OC(c4ccccc4)c4ccccc4)=C(CSc4nnc(C)s4)CS[C@@H]32)c2ccccc2)C(=O)C1=O. The number of ether oxygens (including phenoxy) is 1. The zero-order valence-corrected chi connectivity index (χ0v) is 33.6. The number of hydrogen-bond donors (Lipinski definition) is 4. The molecular formula is C39H38N8O8S3. The number of carbonyl (C=O) groups is 6. The molecule has 4 heterocycles. The number of imide groups is 1. The van der Waals surface area contributed by atoms with E-state index in [9.17, 15) is 34.0 Å². The molecule has 300 valence electrons. The van der Waals surface area contributed by atoms with Gasteiger partial charge in [0.05, 0.1) is 0 Å². The molecule has 58 heavy (non-hydrogen) atoms. The van der Waals surface area contributed by atoms with Gasteiger partial charge in [-0.1, -0.05) is 114 Å². The summed E-state index contributed by atoms with van der Waals surface area (Å²) in [5.74, 6) is -4.02. The summed E-state index contributed by atoms with van der Waals surface area (Å²) in [5.41, 5.74) is 2.05. The first-order chi connectivity index (χ1) is 28.1. The molecule has 2 saturated heterocycles. The summed E-state index contributed by atoms with van der Waals surface area (Å²) in [7, 11) is 0. The van der Waals surface area contributed by atoms with E-state index in [0.29, 0.717) is 21.0 Å². The highest BCUT2D eigenvalue weighted by Gasteiger charge is 2.66. The number of fused-ring (bicyclic) bond motifs is 1. The van der Waals surface area contributed by atoms with Crippen LogP contribution in [-0.2, 0) is 28.7 Å². The summed E-state index contributed by atoms with van der Waals surface area (Å²) in [6.45, 7) is 3.85. The van der Waals surface area contributed by atoms with E-state index in [-0.39, 0.29) is 42.4 Å². The lowest BCUT2D eigenvalue weighted by molar-refractivity contribution is -0.172. The second kappa shape index (κ2) is 17.5. The number of amides is 6. The normalized spacial score (nSPS) is 19.8. The first-order valence-corrected chi connectivity index (χ1v) is 21.0. The number of benzene rings is 3. The Kier molecular flexibility index (Phi) is 12.2. The number of rotatable bonds is 13. The predicted molar refractivity (Wildman–Crippen MR) is 214 cm³/mol. The number of esters is 1. The number of thioether (sulfide) groups is 2. The maximum Gasteiger partial charge on any atom is 0.356 e. The van der Waals surface area contributed by atoms with Crippen molar-refractivity contribution < 1.29 is 38.7 Å². The van der Waals surface area contributed by atoms with Crippen molar-refractivity contribution in [3.63, 3.8) is 0 Å². The van der Waals surface area contributed by atoms with Gasteiger partial charge in [-0.25, -0.2) is 9.59 Å². The number of carbonyl (C=O) groups excluding carboxylic acids is 6. The summed E-state index contributed by atoms with van der Waals surface area (Å²) in [4.78, 5) is 85.3. The van der Waals surface area contributed by atoms with Crippen LogP contribution in [0.25, 0.3) is 0 Å². The number of β-lactam (4-membered cyclic amide) rings is 1. The van der Waals surface area contributed by atoms with Gasteiger partial charge in [-0.3, -0.25) is 29.0 Å². The Hall–Kier alpha value is -5.60. The van der Waals surface area contributed by atoms with Crippen LogP contribution in [0.15, 0.2) is 107 Å². The molecule has 4 N–H and O–H groups in total. The molecule has 0 spiro atoms. The molecule has 0 aliphatic carbocycles. The molecule has 1 unspecified atom stereocenters. The fraction of sp³-hybridized carbons (Fsp3) is 0.282. The molecule has 3 atom stereocenters. The van der Waals surface area contributed by atoms with E-state index in [1.165, 1.54) is 44.7 Å². The maximum atomic E-state index is 14.5. The molecule has 2 fully saturated rings. The molecule has 1 aromatic heterocycles. The van der Waals surface area contributed by atoms with Crippen LogP contribution in [0.2, 0.25) is 0 Å². The van der Waals surface area contributed by atoms with E-state index in [1.807, 2.05) is 73.1 Å². The highest BCUT2D eigenvalue weighted by atomic mass is 32.2. The molecule has 0 radical (unpaired) electrons. The van der Waals surface area contributed by atoms with E-state index in [0.717, 1.165) is 9.91 Å². The van der Waals surface area contributed by atoms with Crippen LogP contribution in [0.3, 0.4) is 0 Å². The standard InChI is InChI=1S/C39H38N8O8S3/c1-3-45-19-20-46(33(50)32(45)49)37(53)40-28(24-13-7-4-8-14-24)31(48)41-39(44-54)35(52)47-29(27(21-56-36(39)47)22-57-38-43-42-23(2)58-38)34(51)55-30(25-15-9-5-10-16-25)26-17-11-6-12-18-26/h4-18,28,30,36,44,54H,3,19-22H2,1-2H3,(H,40,53)(H,41,48)/t28?,36-,39+/m1/s1. The van der Waals surface area contributed by atoms with Crippen molar-refractivity contribution in [2.75, 3.05) is 31.1 Å². The van der Waals surface area contributed by atoms with Crippen molar-refractivity contribution in [2.24, 2.45) is 0 Å². The van der Waals surface area contributed by atoms with Gasteiger partial charge < -0.3 is 25.5 Å². The van der Waals surface area contributed by atoms with Gasteiger partial charge in [0.1, 0.15) is 22.1 Å². The lowest BCUT2D eigenvalue weighted by atomic mass is 9.94. The van der Waals surface area contributed by atoms with E-state index < -0.39 is 58.8 Å². The van der Waals surface area contributed by atoms with Crippen LogP contribution in [-0.4, -0.2) is 108 Å². The molecule has 4 aromatic rings. The van der Waals surface area contributed by atoms with Gasteiger partial charge in [0.2, 0.25) is 11.6 Å². The number of aryl methyl sites for hydroxylation is 1. The second-order valence-electron chi connectivity index (χ2n) is 13.3. The van der Waals surface area contributed by atoms with Gasteiger partial charge in [-0.15, -0.1) is 22.0 Å².